The molecule has 1 N–H and O–H groups in total. The zero-order valence-corrected chi connectivity index (χ0v) is 24.1. The number of phenols is 1. The molecule has 2 saturated carbocycles. The molecule has 0 heterocycles. The van der Waals surface area contributed by atoms with Crippen molar-refractivity contribution in [3.05, 3.63) is 88.0 Å². The van der Waals surface area contributed by atoms with E-state index in [1.807, 2.05) is 42.6 Å². The van der Waals surface area contributed by atoms with Gasteiger partial charge in [-0.2, -0.15) is 10.2 Å². The Labute approximate surface area is 238 Å². The second kappa shape index (κ2) is 10.8. The molecule has 3 aromatic carbocycles. The van der Waals surface area contributed by atoms with Gasteiger partial charge in [-0.1, -0.05) is 25.1 Å². The lowest BCUT2D eigenvalue weighted by Gasteiger charge is -2.49. The van der Waals surface area contributed by atoms with Gasteiger partial charge < -0.3 is 14.6 Å². The van der Waals surface area contributed by atoms with Crippen LogP contribution in [0.5, 0.6) is 17.2 Å². The van der Waals surface area contributed by atoms with Crippen molar-refractivity contribution >= 4 is 11.9 Å². The zero-order valence-electron chi connectivity index (χ0n) is 24.1. The summed E-state index contributed by atoms with van der Waals surface area (Å²) in [7, 11) is 1.69. The Hall–Kier alpha value is -3.60. The monoisotopic (exact) mass is 536 g/mol. The number of hydrogen-bond acceptors (Lipinski definition) is 5. The van der Waals surface area contributed by atoms with Crippen molar-refractivity contribution in [2.45, 2.75) is 71.8 Å². The molecule has 5 heteroatoms. The SMILES string of the molecule is COc1ccc(C=NN=C2CCC3C4CCc5cc(O)ccc5C4CCC23C)cc1COc1cccc(C)c1C. The molecular formula is C35H40N2O3. The Kier molecular flexibility index (Phi) is 7.16. The molecule has 0 amide bonds. The predicted octanol–water partition coefficient (Wildman–Crippen LogP) is 7.93. The molecule has 4 atom stereocenters. The van der Waals surface area contributed by atoms with Crippen LogP contribution < -0.4 is 9.47 Å². The molecule has 0 saturated heterocycles. The first-order valence-electron chi connectivity index (χ1n) is 14.7. The van der Waals surface area contributed by atoms with Crippen LogP contribution >= 0.6 is 0 Å². The van der Waals surface area contributed by atoms with Crippen LogP contribution in [0.15, 0.2) is 64.8 Å². The Bertz CT molecular complexity index is 1480. The number of aromatic hydroxyl groups is 1. The first kappa shape index (κ1) is 26.6. The fourth-order valence-electron chi connectivity index (χ4n) is 7.71. The topological polar surface area (TPSA) is 63.4 Å². The number of fused-ring (bicyclic) bond motifs is 5. The quantitative estimate of drug-likeness (QED) is 0.257. The van der Waals surface area contributed by atoms with Crippen LogP contribution in [0.2, 0.25) is 0 Å². The highest BCUT2D eigenvalue weighted by atomic mass is 16.5. The third-order valence-electron chi connectivity index (χ3n) is 10.1. The van der Waals surface area contributed by atoms with E-state index in [9.17, 15) is 5.11 Å². The summed E-state index contributed by atoms with van der Waals surface area (Å²) >= 11 is 0. The van der Waals surface area contributed by atoms with Gasteiger partial charge in [0, 0.05) is 16.7 Å². The third-order valence-corrected chi connectivity index (χ3v) is 10.1. The molecule has 0 bridgehead atoms. The van der Waals surface area contributed by atoms with Gasteiger partial charge in [-0.3, -0.25) is 0 Å². The van der Waals surface area contributed by atoms with E-state index in [-0.39, 0.29) is 5.41 Å². The van der Waals surface area contributed by atoms with Gasteiger partial charge in [0.15, 0.2) is 0 Å². The molecule has 0 spiro atoms. The van der Waals surface area contributed by atoms with Crippen LogP contribution in [0.4, 0.5) is 0 Å². The van der Waals surface area contributed by atoms with Crippen molar-refractivity contribution in [1.29, 1.82) is 0 Å². The lowest BCUT2D eigenvalue weighted by atomic mass is 9.55. The molecular weight excluding hydrogens is 496 g/mol. The molecule has 5 nitrogen and oxygen atoms in total. The number of aryl methyl sites for hydroxylation is 2. The largest absolute Gasteiger partial charge is 0.508 e. The number of ether oxygens (including phenoxy) is 2. The van der Waals surface area contributed by atoms with Crippen molar-refractivity contribution in [2.75, 3.05) is 7.11 Å². The van der Waals surface area contributed by atoms with E-state index in [1.54, 1.807) is 7.11 Å². The molecule has 3 aliphatic carbocycles. The fourth-order valence-corrected chi connectivity index (χ4v) is 7.71. The minimum atomic E-state index is 0.123. The van der Waals surface area contributed by atoms with Gasteiger partial charge in [0.2, 0.25) is 0 Å². The van der Waals surface area contributed by atoms with Crippen molar-refractivity contribution in [2.24, 2.45) is 27.5 Å². The van der Waals surface area contributed by atoms with Crippen LogP contribution in [-0.2, 0) is 13.0 Å². The van der Waals surface area contributed by atoms with E-state index in [2.05, 4.69) is 44.1 Å². The number of methoxy groups -OCH3 is 1. The van der Waals surface area contributed by atoms with Gasteiger partial charge >= 0.3 is 0 Å². The van der Waals surface area contributed by atoms with Gasteiger partial charge in [-0.15, -0.1) is 0 Å². The van der Waals surface area contributed by atoms with Gasteiger partial charge in [0.25, 0.3) is 0 Å². The number of phenolic OH excluding ortho intramolecular Hbond substituents is 1. The molecule has 2 fully saturated rings. The normalized spacial score (nSPS) is 26.4. The zero-order chi connectivity index (χ0) is 27.9. The smallest absolute Gasteiger partial charge is 0.125 e. The molecule has 40 heavy (non-hydrogen) atoms. The Morgan fingerprint density at radius 1 is 1.00 bits per heavy atom. The summed E-state index contributed by atoms with van der Waals surface area (Å²) < 4.78 is 11.8. The second-order valence-electron chi connectivity index (χ2n) is 12.1. The minimum Gasteiger partial charge on any atom is -0.508 e. The Morgan fingerprint density at radius 3 is 2.73 bits per heavy atom. The van der Waals surface area contributed by atoms with Crippen molar-refractivity contribution in [1.82, 2.24) is 0 Å². The summed E-state index contributed by atoms with van der Waals surface area (Å²) in [5.41, 5.74) is 8.54. The van der Waals surface area contributed by atoms with Crippen molar-refractivity contribution in [3.8, 4) is 17.2 Å². The summed E-state index contributed by atoms with van der Waals surface area (Å²) in [5.74, 6) is 4.04. The summed E-state index contributed by atoms with van der Waals surface area (Å²) in [6.45, 7) is 7.04. The van der Waals surface area contributed by atoms with E-state index in [4.69, 9.17) is 14.6 Å². The van der Waals surface area contributed by atoms with Gasteiger partial charge in [0.05, 0.1) is 13.3 Å². The summed E-state index contributed by atoms with van der Waals surface area (Å²) in [6, 6.07) is 18.2. The predicted molar refractivity (Wildman–Crippen MR) is 161 cm³/mol. The van der Waals surface area contributed by atoms with E-state index in [0.717, 1.165) is 47.5 Å². The molecule has 0 aliphatic heterocycles. The lowest BCUT2D eigenvalue weighted by molar-refractivity contribution is 0.0955. The highest BCUT2D eigenvalue weighted by Crippen LogP contribution is 2.60. The van der Waals surface area contributed by atoms with Crippen LogP contribution in [0, 0.1) is 31.1 Å². The number of hydrogen-bond donors (Lipinski definition) is 1. The Morgan fingerprint density at radius 2 is 1.88 bits per heavy atom. The summed E-state index contributed by atoms with van der Waals surface area (Å²) in [5, 5.41) is 19.4. The molecule has 208 valence electrons. The molecule has 0 radical (unpaired) electrons. The Balaban J connectivity index is 1.17. The number of benzene rings is 3. The first-order chi connectivity index (χ1) is 19.4. The molecule has 4 unspecified atom stereocenters. The van der Waals surface area contributed by atoms with E-state index in [1.165, 1.54) is 41.7 Å². The maximum absolute atomic E-state index is 9.97. The minimum absolute atomic E-state index is 0.123. The molecule has 3 aromatic rings. The standard InChI is InChI=1S/C35H40N2O3/c1-22-6-5-7-32(23(22)2)40-21-26-18-24(8-14-33(26)39-4)20-36-37-34-15-13-31-30-11-9-25-19-27(38)10-12-28(25)29(30)16-17-35(31,34)3/h5-8,10,12,14,18-20,29-31,38H,9,11,13,15-17,21H2,1-4H3. The highest BCUT2D eigenvalue weighted by Gasteiger charge is 2.53. The van der Waals surface area contributed by atoms with E-state index >= 15 is 0 Å². The van der Waals surface area contributed by atoms with Crippen molar-refractivity contribution < 1.29 is 14.6 Å². The summed E-state index contributed by atoms with van der Waals surface area (Å²) in [4.78, 5) is 0. The number of nitrogens with zero attached hydrogens (tertiary/aromatic N) is 2. The molecule has 6 rings (SSSR count). The van der Waals surface area contributed by atoms with Crippen LogP contribution in [0.1, 0.15) is 78.3 Å². The fraction of sp³-hybridized carbons (Fsp3) is 0.429. The van der Waals surface area contributed by atoms with Crippen LogP contribution in [0.3, 0.4) is 0 Å². The van der Waals surface area contributed by atoms with Crippen LogP contribution in [-0.4, -0.2) is 24.1 Å². The first-order valence-corrected chi connectivity index (χ1v) is 14.7. The maximum Gasteiger partial charge on any atom is 0.125 e. The van der Waals surface area contributed by atoms with Gasteiger partial charge in [-0.05, 0) is 134 Å². The van der Waals surface area contributed by atoms with E-state index < -0.39 is 0 Å². The van der Waals surface area contributed by atoms with Crippen molar-refractivity contribution in [3.63, 3.8) is 0 Å². The second-order valence-corrected chi connectivity index (χ2v) is 12.1. The number of rotatable bonds is 6. The average Bonchev–Trinajstić information content (AvgIpc) is 3.29. The van der Waals surface area contributed by atoms with E-state index in [0.29, 0.717) is 30.1 Å². The highest BCUT2D eigenvalue weighted by molar-refractivity contribution is 5.93. The molecule has 3 aliphatic rings. The lowest BCUT2D eigenvalue weighted by Crippen LogP contribution is -2.42. The average molecular weight is 537 g/mol. The van der Waals surface area contributed by atoms with Gasteiger partial charge in [0.1, 0.15) is 23.9 Å². The molecule has 0 aromatic heterocycles. The third kappa shape index (κ3) is 4.80. The van der Waals surface area contributed by atoms with Gasteiger partial charge in [-0.25, -0.2) is 0 Å². The maximum atomic E-state index is 9.97. The summed E-state index contributed by atoms with van der Waals surface area (Å²) in [6.07, 6.45) is 8.69. The van der Waals surface area contributed by atoms with Crippen LogP contribution in [0.25, 0.3) is 0 Å².